The Labute approximate surface area is 236 Å². The predicted octanol–water partition coefficient (Wildman–Crippen LogP) is 4.23. The fourth-order valence-corrected chi connectivity index (χ4v) is 6.51. The van der Waals surface area contributed by atoms with E-state index in [-0.39, 0.29) is 41.6 Å². The number of amides is 1. The molecule has 41 heavy (non-hydrogen) atoms. The number of hydrogen-bond acceptors (Lipinski definition) is 6. The largest absolute Gasteiger partial charge is 0.495 e. The Bertz CT molecular complexity index is 1770. The van der Waals surface area contributed by atoms with E-state index >= 15 is 0 Å². The van der Waals surface area contributed by atoms with Crippen molar-refractivity contribution in [1.82, 2.24) is 5.32 Å². The molecule has 4 aromatic rings. The summed E-state index contributed by atoms with van der Waals surface area (Å²) in [6.45, 7) is -0.00870. The zero-order chi connectivity index (χ0) is 29.1. The zero-order valence-electron chi connectivity index (χ0n) is 22.4. The third kappa shape index (κ3) is 5.00. The molecule has 1 atom stereocenters. The first-order chi connectivity index (χ1) is 19.6. The van der Waals surface area contributed by atoms with Crippen LogP contribution in [0.5, 0.6) is 0 Å². The molecular weight excluding hydrogens is 553 g/mol. The van der Waals surface area contributed by atoms with Crippen molar-refractivity contribution < 1.29 is 36.1 Å². The van der Waals surface area contributed by atoms with E-state index in [1.165, 1.54) is 47.8 Å². The Hall–Kier alpha value is -3.74. The lowest BCUT2D eigenvalue weighted by atomic mass is 9.78. The molecule has 1 amide bonds. The molecule has 0 bridgehead atoms. The molecule has 1 unspecified atom stereocenters. The molecule has 12 heteroatoms. The van der Waals surface area contributed by atoms with Crippen LogP contribution in [0.1, 0.15) is 52.8 Å². The second-order valence-electron chi connectivity index (χ2n) is 10.4. The number of benzene rings is 3. The van der Waals surface area contributed by atoms with Gasteiger partial charge in [-0.05, 0) is 72.7 Å². The van der Waals surface area contributed by atoms with Crippen LogP contribution in [-0.4, -0.2) is 46.3 Å². The van der Waals surface area contributed by atoms with Gasteiger partial charge in [-0.3, -0.25) is 9.10 Å². The summed E-state index contributed by atoms with van der Waals surface area (Å²) in [7, 11) is -3.74. The Kier molecular flexibility index (Phi) is 6.87. The summed E-state index contributed by atoms with van der Waals surface area (Å²) in [6, 6.07) is 13.4. The number of nitrogens with one attached hydrogen (secondary N) is 1. The van der Waals surface area contributed by atoms with Gasteiger partial charge in [0.25, 0.3) is 5.91 Å². The zero-order valence-corrected chi connectivity index (χ0v) is 23.2. The number of fused-ring (bicyclic) bond motifs is 2. The number of rotatable bonds is 8. The molecule has 1 aliphatic heterocycles. The lowest BCUT2D eigenvalue weighted by Crippen LogP contribution is -2.32. The predicted molar refractivity (Wildman–Crippen MR) is 152 cm³/mol. The minimum atomic E-state index is -3.81. The number of sulfonamides is 1. The fraction of sp³-hybridized carbons (Fsp3) is 0.276. The average molecular weight is 580 g/mol. The smallest absolute Gasteiger partial charge is 0.455 e. The summed E-state index contributed by atoms with van der Waals surface area (Å²) in [5, 5.41) is 13.4. The highest BCUT2D eigenvalue weighted by Gasteiger charge is 2.39. The Morgan fingerprint density at radius 3 is 2.51 bits per heavy atom. The maximum atomic E-state index is 14.3. The topological polar surface area (TPSA) is 109 Å². The van der Waals surface area contributed by atoms with Crippen molar-refractivity contribution in [3.8, 4) is 11.3 Å². The van der Waals surface area contributed by atoms with Gasteiger partial charge in [-0.15, -0.1) is 0 Å². The van der Waals surface area contributed by atoms with E-state index in [0.717, 1.165) is 24.7 Å². The summed E-state index contributed by atoms with van der Waals surface area (Å²) in [4.78, 5) is 13.0. The third-order valence-electron chi connectivity index (χ3n) is 7.65. The first-order valence-corrected chi connectivity index (χ1v) is 15.1. The van der Waals surface area contributed by atoms with Crippen molar-refractivity contribution in [1.29, 1.82) is 0 Å². The van der Waals surface area contributed by atoms with Gasteiger partial charge in [-0.2, -0.15) is 0 Å². The molecule has 2 aliphatic rings. The summed E-state index contributed by atoms with van der Waals surface area (Å²) >= 11 is 0. The molecule has 2 N–H and O–H groups in total. The molecule has 1 aromatic heterocycles. The molecule has 8 nitrogen and oxygen atoms in total. The Balaban J connectivity index is 1.44. The van der Waals surface area contributed by atoms with Crippen LogP contribution < -0.4 is 15.1 Å². The molecule has 2 heterocycles. The number of carbonyl (C=O) groups is 1. The highest BCUT2D eigenvalue weighted by molar-refractivity contribution is 7.92. The standard InChI is InChI=1S/C29H27BF2N2O6S/c1-33-29(35)26-21-14-20(16-6-7-16)23(15-25(21)39-28(26)17-8-10-18(31)11-9-17)34(41(2,37)38)13-12-24-19-4-3-5-22(32)27(19)30(36)40-24/h3-5,8-11,14-16,24,36H,6-7,12-13H2,1-2H3,(H,33,35). The Morgan fingerprint density at radius 1 is 1.12 bits per heavy atom. The van der Waals surface area contributed by atoms with Gasteiger partial charge >= 0.3 is 7.12 Å². The van der Waals surface area contributed by atoms with E-state index in [9.17, 15) is 27.0 Å². The van der Waals surface area contributed by atoms with E-state index in [1.54, 1.807) is 12.1 Å². The molecular formula is C29H27BF2N2O6S. The number of anilines is 1. The summed E-state index contributed by atoms with van der Waals surface area (Å²) in [5.74, 6) is -1.06. The number of hydrogen-bond donors (Lipinski definition) is 2. The van der Waals surface area contributed by atoms with Crippen molar-refractivity contribution in [2.45, 2.75) is 31.3 Å². The minimum absolute atomic E-state index is 0.00870. The van der Waals surface area contributed by atoms with Crippen LogP contribution in [0.3, 0.4) is 0 Å². The van der Waals surface area contributed by atoms with Crippen LogP contribution in [0.2, 0.25) is 0 Å². The van der Waals surface area contributed by atoms with Gasteiger partial charge in [-0.1, -0.05) is 12.1 Å². The summed E-state index contributed by atoms with van der Waals surface area (Å²) < 4.78 is 67.3. The SMILES string of the molecule is CNC(=O)c1c(-c2ccc(F)cc2)oc2cc(N(CCC3OB(O)c4c(F)cccc43)S(C)(=O)=O)c(C3CC3)cc12. The number of carbonyl (C=O) groups excluding carboxylic acids is 1. The molecule has 0 radical (unpaired) electrons. The molecule has 1 saturated carbocycles. The van der Waals surface area contributed by atoms with E-state index in [4.69, 9.17) is 9.07 Å². The van der Waals surface area contributed by atoms with Crippen LogP contribution in [0.25, 0.3) is 22.3 Å². The average Bonchev–Trinajstić information content (AvgIpc) is 3.63. The molecule has 1 aliphatic carbocycles. The van der Waals surface area contributed by atoms with Crippen LogP contribution in [0.15, 0.2) is 59.0 Å². The van der Waals surface area contributed by atoms with Crippen molar-refractivity contribution in [2.24, 2.45) is 0 Å². The summed E-state index contributed by atoms with van der Waals surface area (Å²) in [5.41, 5.74) is 2.81. The quantitative estimate of drug-likeness (QED) is 0.302. The Morgan fingerprint density at radius 2 is 1.85 bits per heavy atom. The molecule has 0 saturated heterocycles. The summed E-state index contributed by atoms with van der Waals surface area (Å²) in [6.07, 6.45) is 2.28. The lowest BCUT2D eigenvalue weighted by Gasteiger charge is -2.26. The van der Waals surface area contributed by atoms with Gasteiger partial charge in [0.2, 0.25) is 10.0 Å². The lowest BCUT2D eigenvalue weighted by molar-refractivity contribution is 0.0964. The van der Waals surface area contributed by atoms with Crippen LogP contribution in [-0.2, 0) is 14.7 Å². The van der Waals surface area contributed by atoms with Crippen LogP contribution >= 0.6 is 0 Å². The molecule has 212 valence electrons. The second kappa shape index (κ2) is 10.3. The maximum Gasteiger partial charge on any atom is 0.495 e. The van der Waals surface area contributed by atoms with Gasteiger partial charge in [0.05, 0.1) is 23.6 Å². The minimum Gasteiger partial charge on any atom is -0.455 e. The monoisotopic (exact) mass is 580 g/mol. The van der Waals surface area contributed by atoms with Crippen molar-refractivity contribution in [3.05, 3.63) is 82.9 Å². The fourth-order valence-electron chi connectivity index (χ4n) is 5.56. The molecule has 1 fully saturated rings. The van der Waals surface area contributed by atoms with Gasteiger partial charge in [0, 0.05) is 36.1 Å². The van der Waals surface area contributed by atoms with Gasteiger partial charge < -0.3 is 19.4 Å². The first kappa shape index (κ1) is 27.4. The van der Waals surface area contributed by atoms with Gasteiger partial charge in [0.1, 0.15) is 23.0 Å². The second-order valence-corrected chi connectivity index (χ2v) is 12.3. The molecule has 6 rings (SSSR count). The van der Waals surface area contributed by atoms with Crippen molar-refractivity contribution in [3.63, 3.8) is 0 Å². The first-order valence-electron chi connectivity index (χ1n) is 13.2. The third-order valence-corrected chi connectivity index (χ3v) is 8.83. The number of halogens is 2. The van der Waals surface area contributed by atoms with Crippen LogP contribution in [0.4, 0.5) is 14.5 Å². The van der Waals surface area contributed by atoms with E-state index < -0.39 is 34.9 Å². The van der Waals surface area contributed by atoms with Gasteiger partial charge in [-0.25, -0.2) is 17.2 Å². The van der Waals surface area contributed by atoms with Crippen molar-refractivity contribution in [2.75, 3.05) is 24.2 Å². The van der Waals surface area contributed by atoms with E-state index in [0.29, 0.717) is 27.8 Å². The van der Waals surface area contributed by atoms with E-state index in [1.807, 2.05) is 6.07 Å². The highest BCUT2D eigenvalue weighted by atomic mass is 32.2. The number of nitrogens with zero attached hydrogens (tertiary/aromatic N) is 1. The van der Waals surface area contributed by atoms with Crippen LogP contribution in [0, 0.1) is 11.6 Å². The van der Waals surface area contributed by atoms with Gasteiger partial charge in [0.15, 0.2) is 0 Å². The van der Waals surface area contributed by atoms with Crippen molar-refractivity contribution >= 4 is 45.2 Å². The highest BCUT2D eigenvalue weighted by Crippen LogP contribution is 2.48. The molecule has 3 aromatic carbocycles. The maximum absolute atomic E-state index is 14.3. The normalized spacial score (nSPS) is 16.7. The number of furan rings is 1. The molecule has 0 spiro atoms. The van der Waals surface area contributed by atoms with E-state index in [2.05, 4.69) is 5.32 Å².